The largest absolute Gasteiger partial charge is 0.481 e. The van der Waals surface area contributed by atoms with Crippen LogP contribution in [0.5, 0.6) is 0 Å². The number of carboxylic acids is 1. The van der Waals surface area contributed by atoms with Crippen molar-refractivity contribution in [3.8, 4) is 11.1 Å². The van der Waals surface area contributed by atoms with Gasteiger partial charge in [0, 0.05) is 12.0 Å². The van der Waals surface area contributed by atoms with Crippen molar-refractivity contribution in [2.75, 3.05) is 6.61 Å². The van der Waals surface area contributed by atoms with Crippen LogP contribution >= 0.6 is 0 Å². The minimum Gasteiger partial charge on any atom is -0.481 e. The van der Waals surface area contributed by atoms with E-state index in [4.69, 9.17) is 9.84 Å². The second-order valence-electron chi connectivity index (χ2n) is 10.8. The predicted molar refractivity (Wildman–Crippen MR) is 133 cm³/mol. The number of amides is 2. The molecular formula is C28H34N2O5. The Morgan fingerprint density at radius 3 is 2.11 bits per heavy atom. The summed E-state index contributed by atoms with van der Waals surface area (Å²) >= 11 is 0. The standard InChI is InChI=1S/C28H34N2O5/c1-28(2,3)13-12-24(25(31)29-18-14-17(15-18)26(32)33)30-27(34)35-16-23-21-10-6-4-8-19(21)20-9-5-7-11-22(20)23/h4-11,17-18,23-24H,12-16H2,1-3H3,(H,29,31)(H,30,34)(H,32,33). The molecule has 35 heavy (non-hydrogen) atoms. The molecule has 2 aromatic carbocycles. The van der Waals surface area contributed by atoms with Gasteiger partial charge in [0.15, 0.2) is 0 Å². The fourth-order valence-corrected chi connectivity index (χ4v) is 4.87. The van der Waals surface area contributed by atoms with Gasteiger partial charge in [0.1, 0.15) is 12.6 Å². The van der Waals surface area contributed by atoms with Crippen LogP contribution in [0.1, 0.15) is 63.5 Å². The second-order valence-corrected chi connectivity index (χ2v) is 10.8. The van der Waals surface area contributed by atoms with Gasteiger partial charge >= 0.3 is 12.1 Å². The number of ether oxygens (including phenoxy) is 1. The molecule has 0 heterocycles. The number of hydrogen-bond donors (Lipinski definition) is 3. The van der Waals surface area contributed by atoms with Crippen molar-refractivity contribution >= 4 is 18.0 Å². The van der Waals surface area contributed by atoms with Gasteiger partial charge in [-0.2, -0.15) is 0 Å². The van der Waals surface area contributed by atoms with Gasteiger partial charge in [-0.3, -0.25) is 9.59 Å². The second kappa shape index (κ2) is 10.1. The molecule has 1 fully saturated rings. The molecule has 2 aliphatic carbocycles. The minimum atomic E-state index is -0.837. The molecule has 0 aliphatic heterocycles. The number of rotatable bonds is 8. The average Bonchev–Trinajstić information content (AvgIpc) is 3.10. The molecule has 3 N–H and O–H groups in total. The van der Waals surface area contributed by atoms with Gasteiger partial charge < -0.3 is 20.5 Å². The fraction of sp³-hybridized carbons (Fsp3) is 0.464. The van der Waals surface area contributed by atoms with Crippen molar-refractivity contribution < 1.29 is 24.2 Å². The Morgan fingerprint density at radius 1 is 1.00 bits per heavy atom. The number of hydrogen-bond acceptors (Lipinski definition) is 4. The van der Waals surface area contributed by atoms with E-state index in [0.29, 0.717) is 19.3 Å². The van der Waals surface area contributed by atoms with E-state index in [1.165, 1.54) is 0 Å². The molecule has 7 nitrogen and oxygen atoms in total. The van der Waals surface area contributed by atoms with Crippen LogP contribution in [0.25, 0.3) is 11.1 Å². The molecule has 1 saturated carbocycles. The summed E-state index contributed by atoms with van der Waals surface area (Å²) in [5, 5.41) is 14.7. The van der Waals surface area contributed by atoms with Gasteiger partial charge in [0.05, 0.1) is 5.92 Å². The van der Waals surface area contributed by atoms with Gasteiger partial charge in [-0.15, -0.1) is 0 Å². The Morgan fingerprint density at radius 2 is 1.57 bits per heavy atom. The third-order valence-electron chi connectivity index (χ3n) is 6.97. The van der Waals surface area contributed by atoms with E-state index in [-0.39, 0.29) is 29.9 Å². The monoisotopic (exact) mass is 478 g/mol. The lowest BCUT2D eigenvalue weighted by Crippen LogP contribution is -2.54. The Kier molecular flexibility index (Phi) is 7.15. The van der Waals surface area contributed by atoms with E-state index in [0.717, 1.165) is 28.7 Å². The highest BCUT2D eigenvalue weighted by Gasteiger charge is 2.37. The lowest BCUT2D eigenvalue weighted by Gasteiger charge is -2.34. The first kappa shape index (κ1) is 24.8. The Labute approximate surface area is 206 Å². The van der Waals surface area contributed by atoms with Gasteiger partial charge in [0.2, 0.25) is 5.91 Å². The molecule has 1 unspecified atom stereocenters. The molecule has 0 aromatic heterocycles. The SMILES string of the molecule is CC(C)(C)CCC(NC(=O)OCC1c2ccccc2-c2ccccc21)C(=O)NC1CC(C(=O)O)C1. The summed E-state index contributed by atoms with van der Waals surface area (Å²) in [4.78, 5) is 36.8. The van der Waals surface area contributed by atoms with E-state index in [1.54, 1.807) is 0 Å². The van der Waals surface area contributed by atoms with Crippen molar-refractivity contribution in [3.63, 3.8) is 0 Å². The molecule has 186 valence electrons. The maximum atomic E-state index is 12.9. The number of benzene rings is 2. The molecular weight excluding hydrogens is 444 g/mol. The first-order chi connectivity index (χ1) is 16.6. The zero-order chi connectivity index (χ0) is 25.2. The summed E-state index contributed by atoms with van der Waals surface area (Å²) in [6, 6.07) is 15.3. The van der Waals surface area contributed by atoms with Crippen LogP contribution in [0.15, 0.2) is 48.5 Å². The number of carbonyl (C=O) groups excluding carboxylic acids is 2. The van der Waals surface area contributed by atoms with Crippen LogP contribution in [0.2, 0.25) is 0 Å². The average molecular weight is 479 g/mol. The number of alkyl carbamates (subject to hydrolysis) is 1. The Balaban J connectivity index is 1.38. The summed E-state index contributed by atoms with van der Waals surface area (Å²) in [5.41, 5.74) is 4.55. The fourth-order valence-electron chi connectivity index (χ4n) is 4.87. The van der Waals surface area contributed by atoms with Crippen LogP contribution in [-0.2, 0) is 14.3 Å². The first-order valence-electron chi connectivity index (χ1n) is 12.3. The van der Waals surface area contributed by atoms with E-state index in [9.17, 15) is 14.4 Å². The Bertz CT molecular complexity index is 1060. The number of aliphatic carboxylic acids is 1. The summed E-state index contributed by atoms with van der Waals surface area (Å²) < 4.78 is 5.64. The molecule has 4 rings (SSSR count). The van der Waals surface area contributed by atoms with Crippen molar-refractivity contribution in [2.24, 2.45) is 11.3 Å². The van der Waals surface area contributed by atoms with Gasteiger partial charge in [-0.1, -0.05) is 69.3 Å². The highest BCUT2D eigenvalue weighted by Crippen LogP contribution is 2.44. The Hall–Kier alpha value is -3.35. The maximum Gasteiger partial charge on any atom is 0.407 e. The van der Waals surface area contributed by atoms with E-state index in [2.05, 4.69) is 55.7 Å². The third-order valence-corrected chi connectivity index (χ3v) is 6.97. The van der Waals surface area contributed by atoms with Crippen LogP contribution in [0.3, 0.4) is 0 Å². The highest BCUT2D eigenvalue weighted by atomic mass is 16.5. The van der Waals surface area contributed by atoms with Crippen molar-refractivity contribution in [1.82, 2.24) is 10.6 Å². The molecule has 0 radical (unpaired) electrons. The zero-order valence-corrected chi connectivity index (χ0v) is 20.5. The van der Waals surface area contributed by atoms with Crippen molar-refractivity contribution in [1.29, 1.82) is 0 Å². The summed E-state index contributed by atoms with van der Waals surface area (Å²) in [6.07, 6.45) is 1.40. The summed E-state index contributed by atoms with van der Waals surface area (Å²) in [7, 11) is 0. The molecule has 0 spiro atoms. The van der Waals surface area contributed by atoms with E-state index < -0.39 is 24.0 Å². The third kappa shape index (κ3) is 5.84. The smallest absolute Gasteiger partial charge is 0.407 e. The number of nitrogens with one attached hydrogen (secondary N) is 2. The van der Waals surface area contributed by atoms with Crippen LogP contribution in [-0.4, -0.2) is 41.8 Å². The maximum absolute atomic E-state index is 12.9. The number of carboxylic acid groups (broad SMARTS) is 1. The van der Waals surface area contributed by atoms with Crippen molar-refractivity contribution in [2.45, 2.75) is 64.5 Å². The molecule has 2 amide bonds. The zero-order valence-electron chi connectivity index (χ0n) is 20.5. The number of fused-ring (bicyclic) bond motifs is 3. The van der Waals surface area contributed by atoms with Crippen molar-refractivity contribution in [3.05, 3.63) is 59.7 Å². The predicted octanol–water partition coefficient (Wildman–Crippen LogP) is 4.70. The normalized spacial score (nSPS) is 19.6. The molecule has 2 aromatic rings. The molecule has 7 heteroatoms. The summed E-state index contributed by atoms with van der Waals surface area (Å²) in [6.45, 7) is 6.42. The van der Waals surface area contributed by atoms with Gasteiger partial charge in [-0.05, 0) is 53.4 Å². The molecule has 0 bridgehead atoms. The van der Waals surface area contributed by atoms with E-state index in [1.807, 2.05) is 24.3 Å². The quantitative estimate of drug-likeness (QED) is 0.510. The van der Waals surface area contributed by atoms with Crippen LogP contribution in [0.4, 0.5) is 4.79 Å². The van der Waals surface area contributed by atoms with Crippen LogP contribution in [0, 0.1) is 11.3 Å². The highest BCUT2D eigenvalue weighted by molar-refractivity contribution is 5.86. The van der Waals surface area contributed by atoms with E-state index >= 15 is 0 Å². The summed E-state index contributed by atoms with van der Waals surface area (Å²) in [5.74, 6) is -1.60. The first-order valence-corrected chi connectivity index (χ1v) is 12.3. The van der Waals surface area contributed by atoms with Gasteiger partial charge in [0.25, 0.3) is 0 Å². The minimum absolute atomic E-state index is 0.00768. The topological polar surface area (TPSA) is 105 Å². The molecule has 0 saturated heterocycles. The lowest BCUT2D eigenvalue weighted by molar-refractivity contribution is -0.146. The van der Waals surface area contributed by atoms with Crippen LogP contribution < -0.4 is 10.6 Å². The van der Waals surface area contributed by atoms with Gasteiger partial charge in [-0.25, -0.2) is 4.79 Å². The number of carbonyl (C=O) groups is 3. The molecule has 2 aliphatic rings. The molecule has 1 atom stereocenters. The lowest BCUT2D eigenvalue weighted by atomic mass is 9.80.